The number of phenolic OH excluding ortho intramolecular Hbond substituents is 1. The second-order valence-electron chi connectivity index (χ2n) is 5.22. The van der Waals surface area contributed by atoms with Crippen molar-refractivity contribution in [2.75, 3.05) is 6.54 Å². The average molecular weight is 255 g/mol. The van der Waals surface area contributed by atoms with Crippen LogP contribution in [0.3, 0.4) is 0 Å². The quantitative estimate of drug-likeness (QED) is 0.845. The molecule has 0 bridgehead atoms. The summed E-state index contributed by atoms with van der Waals surface area (Å²) < 4.78 is 26.3. The number of rotatable bonds is 5. The summed E-state index contributed by atoms with van der Waals surface area (Å²) in [5.74, 6) is -2.70. The lowest BCUT2D eigenvalue weighted by Gasteiger charge is -2.41. The topological polar surface area (TPSA) is 32.3 Å². The van der Waals surface area contributed by atoms with E-state index in [0.717, 1.165) is 13.0 Å². The van der Waals surface area contributed by atoms with E-state index < -0.39 is 17.4 Å². The van der Waals surface area contributed by atoms with E-state index in [4.69, 9.17) is 5.11 Å². The van der Waals surface area contributed by atoms with Gasteiger partial charge in [0.15, 0.2) is 17.4 Å². The van der Waals surface area contributed by atoms with Gasteiger partial charge >= 0.3 is 0 Å². The summed E-state index contributed by atoms with van der Waals surface area (Å²) in [6.07, 6.45) is 4.87. The molecule has 1 aliphatic carbocycles. The number of phenols is 1. The monoisotopic (exact) mass is 255 g/mol. The first-order valence-corrected chi connectivity index (χ1v) is 6.44. The Bertz CT molecular complexity index is 401. The minimum Gasteiger partial charge on any atom is -0.503 e. The molecule has 100 valence electrons. The molecular weight excluding hydrogens is 236 g/mol. The van der Waals surface area contributed by atoms with Gasteiger partial charge in [-0.3, -0.25) is 0 Å². The molecule has 2 N–H and O–H groups in total. The normalized spacial score (nSPS) is 17.5. The summed E-state index contributed by atoms with van der Waals surface area (Å²) in [5, 5.41) is 12.3. The molecule has 0 heterocycles. The van der Waals surface area contributed by atoms with Crippen LogP contribution in [0.15, 0.2) is 12.1 Å². The predicted molar refractivity (Wildman–Crippen MR) is 66.3 cm³/mol. The Morgan fingerprint density at radius 1 is 1.28 bits per heavy atom. The van der Waals surface area contributed by atoms with Gasteiger partial charge in [-0.1, -0.05) is 13.3 Å². The number of halogens is 2. The Balaban J connectivity index is 1.90. The minimum atomic E-state index is -0.902. The largest absolute Gasteiger partial charge is 0.503 e. The van der Waals surface area contributed by atoms with Gasteiger partial charge in [-0.15, -0.1) is 0 Å². The lowest BCUT2D eigenvalue weighted by Crippen LogP contribution is -2.39. The van der Waals surface area contributed by atoms with E-state index in [1.807, 2.05) is 0 Å². The van der Waals surface area contributed by atoms with Crippen molar-refractivity contribution >= 4 is 0 Å². The summed E-state index contributed by atoms with van der Waals surface area (Å²) in [4.78, 5) is 0. The summed E-state index contributed by atoms with van der Waals surface area (Å²) in [5.41, 5.74) is 0.905. The zero-order chi connectivity index (χ0) is 13.2. The SMILES string of the molecule is CCC1(CNCc2cc(F)c(O)c(F)c2)CCC1. The van der Waals surface area contributed by atoms with E-state index >= 15 is 0 Å². The fourth-order valence-corrected chi connectivity index (χ4v) is 2.52. The van der Waals surface area contributed by atoms with E-state index in [1.165, 1.54) is 31.4 Å². The van der Waals surface area contributed by atoms with Gasteiger partial charge in [0.1, 0.15) is 0 Å². The van der Waals surface area contributed by atoms with Crippen molar-refractivity contribution in [2.24, 2.45) is 5.41 Å². The fraction of sp³-hybridized carbons (Fsp3) is 0.571. The molecule has 0 saturated heterocycles. The van der Waals surface area contributed by atoms with Crippen LogP contribution < -0.4 is 5.32 Å². The molecule has 4 heteroatoms. The van der Waals surface area contributed by atoms with Crippen LogP contribution in [-0.2, 0) is 6.54 Å². The first-order chi connectivity index (χ1) is 8.56. The molecule has 0 aliphatic heterocycles. The van der Waals surface area contributed by atoms with Crippen LogP contribution in [0.25, 0.3) is 0 Å². The lowest BCUT2D eigenvalue weighted by atomic mass is 9.67. The molecule has 1 aromatic carbocycles. The first kappa shape index (κ1) is 13.3. The smallest absolute Gasteiger partial charge is 0.187 e. The van der Waals surface area contributed by atoms with Crippen LogP contribution in [-0.4, -0.2) is 11.7 Å². The highest BCUT2D eigenvalue weighted by Gasteiger charge is 2.34. The van der Waals surface area contributed by atoms with Gasteiger partial charge in [0, 0.05) is 13.1 Å². The van der Waals surface area contributed by atoms with Crippen LogP contribution in [0.1, 0.15) is 38.2 Å². The fourth-order valence-electron chi connectivity index (χ4n) is 2.52. The summed E-state index contributed by atoms with van der Waals surface area (Å²) in [6.45, 7) is 3.49. The lowest BCUT2D eigenvalue weighted by molar-refractivity contribution is 0.124. The number of nitrogens with one attached hydrogen (secondary N) is 1. The van der Waals surface area contributed by atoms with Crippen molar-refractivity contribution in [3.8, 4) is 5.75 Å². The molecular formula is C14H19F2NO. The molecule has 18 heavy (non-hydrogen) atoms. The highest BCUT2D eigenvalue weighted by atomic mass is 19.1. The molecule has 1 aromatic rings. The Labute approximate surface area is 106 Å². The van der Waals surface area contributed by atoms with Gasteiger partial charge in [0.25, 0.3) is 0 Å². The number of hydrogen-bond acceptors (Lipinski definition) is 2. The molecule has 1 aliphatic rings. The second-order valence-corrected chi connectivity index (χ2v) is 5.22. The van der Waals surface area contributed by atoms with E-state index in [9.17, 15) is 8.78 Å². The molecule has 0 spiro atoms. The maximum absolute atomic E-state index is 13.1. The first-order valence-electron chi connectivity index (χ1n) is 6.44. The number of benzene rings is 1. The van der Waals surface area contributed by atoms with Crippen molar-refractivity contribution in [2.45, 2.75) is 39.2 Å². The summed E-state index contributed by atoms with van der Waals surface area (Å²) in [6, 6.07) is 2.34. The van der Waals surface area contributed by atoms with Crippen molar-refractivity contribution < 1.29 is 13.9 Å². The Morgan fingerprint density at radius 2 is 1.89 bits per heavy atom. The van der Waals surface area contributed by atoms with Gasteiger partial charge < -0.3 is 10.4 Å². The van der Waals surface area contributed by atoms with Gasteiger partial charge in [-0.25, -0.2) is 8.78 Å². The average Bonchev–Trinajstić information content (AvgIpc) is 2.29. The Hall–Kier alpha value is -1.16. The predicted octanol–water partition coefficient (Wildman–Crippen LogP) is 3.34. The van der Waals surface area contributed by atoms with Gasteiger partial charge in [0.05, 0.1) is 0 Å². The van der Waals surface area contributed by atoms with Crippen molar-refractivity contribution in [3.63, 3.8) is 0 Å². The molecule has 0 aromatic heterocycles. The molecule has 0 radical (unpaired) electrons. The molecule has 1 fully saturated rings. The van der Waals surface area contributed by atoms with Crippen molar-refractivity contribution in [3.05, 3.63) is 29.3 Å². The molecule has 2 rings (SSSR count). The van der Waals surface area contributed by atoms with Crippen molar-refractivity contribution in [1.29, 1.82) is 0 Å². The standard InChI is InChI=1S/C14H19F2NO/c1-2-14(4-3-5-14)9-17-8-10-6-11(15)13(18)12(16)7-10/h6-7,17-18H,2-5,8-9H2,1H3. The number of hydrogen-bond donors (Lipinski definition) is 2. The van der Waals surface area contributed by atoms with E-state index in [1.54, 1.807) is 0 Å². The Morgan fingerprint density at radius 3 is 2.33 bits per heavy atom. The maximum Gasteiger partial charge on any atom is 0.187 e. The minimum absolute atomic E-state index is 0.383. The maximum atomic E-state index is 13.1. The van der Waals surface area contributed by atoms with E-state index in [-0.39, 0.29) is 0 Å². The van der Waals surface area contributed by atoms with E-state index in [0.29, 0.717) is 17.5 Å². The molecule has 1 saturated carbocycles. The second kappa shape index (κ2) is 5.22. The summed E-state index contributed by atoms with van der Waals surface area (Å²) >= 11 is 0. The highest BCUT2D eigenvalue weighted by molar-refractivity contribution is 5.29. The highest BCUT2D eigenvalue weighted by Crippen LogP contribution is 2.43. The van der Waals surface area contributed by atoms with Crippen molar-refractivity contribution in [1.82, 2.24) is 5.32 Å². The van der Waals surface area contributed by atoms with Crippen LogP contribution in [0.5, 0.6) is 5.75 Å². The third-order valence-electron chi connectivity index (χ3n) is 4.07. The molecule has 0 atom stereocenters. The van der Waals surface area contributed by atoms with Gasteiger partial charge in [-0.05, 0) is 42.4 Å². The molecule has 2 nitrogen and oxygen atoms in total. The molecule has 0 unspecified atom stereocenters. The third kappa shape index (κ3) is 2.64. The van der Waals surface area contributed by atoms with Crippen LogP contribution >= 0.6 is 0 Å². The van der Waals surface area contributed by atoms with Crippen LogP contribution in [0, 0.1) is 17.0 Å². The van der Waals surface area contributed by atoms with Gasteiger partial charge in [0.2, 0.25) is 0 Å². The number of aromatic hydroxyl groups is 1. The van der Waals surface area contributed by atoms with E-state index in [2.05, 4.69) is 12.2 Å². The van der Waals surface area contributed by atoms with Crippen LogP contribution in [0.4, 0.5) is 8.78 Å². The van der Waals surface area contributed by atoms with Crippen LogP contribution in [0.2, 0.25) is 0 Å². The Kier molecular flexibility index (Phi) is 3.85. The molecule has 0 amide bonds. The van der Waals surface area contributed by atoms with Gasteiger partial charge in [-0.2, -0.15) is 0 Å². The third-order valence-corrected chi connectivity index (χ3v) is 4.07. The zero-order valence-electron chi connectivity index (χ0n) is 10.6. The summed E-state index contributed by atoms with van der Waals surface area (Å²) in [7, 11) is 0. The zero-order valence-corrected chi connectivity index (χ0v) is 10.6.